The van der Waals surface area contributed by atoms with Crippen LogP contribution in [0.4, 0.5) is 11.6 Å². The summed E-state index contributed by atoms with van der Waals surface area (Å²) in [7, 11) is 0. The lowest BCUT2D eigenvalue weighted by atomic mass is 10.1. The minimum Gasteiger partial charge on any atom is -0.382 e. The molecule has 1 aliphatic rings. The Morgan fingerprint density at radius 2 is 2.12 bits per heavy atom. The van der Waals surface area contributed by atoms with E-state index in [4.69, 9.17) is 5.73 Å². The highest BCUT2D eigenvalue weighted by Gasteiger charge is 2.24. The number of thioether (sulfide) groups is 1. The van der Waals surface area contributed by atoms with Crippen LogP contribution in [0.1, 0.15) is 20.3 Å². The van der Waals surface area contributed by atoms with E-state index in [2.05, 4.69) is 28.7 Å². The van der Waals surface area contributed by atoms with Crippen LogP contribution < -0.4 is 10.6 Å². The largest absolute Gasteiger partial charge is 0.382 e. The number of hydrogen-bond donors (Lipinski definition) is 1. The topological polar surface area (TPSA) is 55.0 Å². The summed E-state index contributed by atoms with van der Waals surface area (Å²) in [5, 5.41) is 0. The van der Waals surface area contributed by atoms with E-state index in [1.807, 2.05) is 11.8 Å². The van der Waals surface area contributed by atoms with E-state index in [9.17, 15) is 0 Å². The van der Waals surface area contributed by atoms with Crippen LogP contribution >= 0.6 is 11.8 Å². The molecule has 0 aromatic carbocycles. The first-order valence-corrected chi connectivity index (χ1v) is 6.52. The van der Waals surface area contributed by atoms with Crippen LogP contribution in [0.15, 0.2) is 12.4 Å². The highest BCUT2D eigenvalue weighted by atomic mass is 32.2. The van der Waals surface area contributed by atoms with Crippen molar-refractivity contribution in [2.45, 2.75) is 25.0 Å². The van der Waals surface area contributed by atoms with Crippen LogP contribution in [0, 0.1) is 0 Å². The summed E-state index contributed by atoms with van der Waals surface area (Å²) < 4.78 is 0.371. The number of nitrogens with zero attached hydrogens (tertiary/aromatic N) is 3. The Balaban J connectivity index is 2.08. The molecular weight excluding hydrogens is 220 g/mol. The molecule has 1 fully saturated rings. The van der Waals surface area contributed by atoms with Gasteiger partial charge in [-0.05, 0) is 6.42 Å². The maximum absolute atomic E-state index is 5.53. The van der Waals surface area contributed by atoms with Crippen molar-refractivity contribution in [3.63, 3.8) is 0 Å². The summed E-state index contributed by atoms with van der Waals surface area (Å²) >= 11 is 2.03. The van der Waals surface area contributed by atoms with E-state index in [1.54, 1.807) is 12.4 Å². The van der Waals surface area contributed by atoms with Gasteiger partial charge in [0.05, 0.1) is 12.4 Å². The number of hydrogen-bond acceptors (Lipinski definition) is 5. The standard InChI is InChI=1S/C11H18N4S/c1-11(2)3-4-15(5-6-16-11)10-8-13-9(12)7-14-10/h7-8H,3-6H2,1-2H3,(H2,12,13). The van der Waals surface area contributed by atoms with Crippen molar-refractivity contribution < 1.29 is 0 Å². The van der Waals surface area contributed by atoms with Crippen molar-refractivity contribution in [1.82, 2.24) is 9.97 Å². The number of nitrogens with two attached hydrogens (primary N) is 1. The molecule has 0 aliphatic carbocycles. The van der Waals surface area contributed by atoms with Crippen molar-refractivity contribution >= 4 is 23.4 Å². The third-order valence-corrected chi connectivity index (χ3v) is 4.19. The molecule has 1 aromatic rings. The Morgan fingerprint density at radius 3 is 2.81 bits per heavy atom. The van der Waals surface area contributed by atoms with Gasteiger partial charge in [-0.2, -0.15) is 11.8 Å². The maximum Gasteiger partial charge on any atom is 0.147 e. The number of aromatic nitrogens is 2. The van der Waals surface area contributed by atoms with Crippen LogP contribution in [0.2, 0.25) is 0 Å². The van der Waals surface area contributed by atoms with E-state index in [0.29, 0.717) is 10.6 Å². The quantitative estimate of drug-likeness (QED) is 0.808. The predicted molar refractivity (Wildman–Crippen MR) is 69.8 cm³/mol. The molecule has 0 unspecified atom stereocenters. The summed E-state index contributed by atoms with van der Waals surface area (Å²) in [5.74, 6) is 2.56. The van der Waals surface area contributed by atoms with Gasteiger partial charge in [-0.1, -0.05) is 13.8 Å². The molecule has 5 heteroatoms. The highest BCUT2D eigenvalue weighted by molar-refractivity contribution is 8.00. The zero-order chi connectivity index (χ0) is 11.6. The number of rotatable bonds is 1. The molecule has 2 heterocycles. The molecular formula is C11H18N4S. The van der Waals surface area contributed by atoms with Gasteiger partial charge in [0.15, 0.2) is 0 Å². The van der Waals surface area contributed by atoms with Crippen molar-refractivity contribution in [3.05, 3.63) is 12.4 Å². The fraction of sp³-hybridized carbons (Fsp3) is 0.636. The molecule has 0 spiro atoms. The molecule has 88 valence electrons. The minimum atomic E-state index is 0.371. The SMILES string of the molecule is CC1(C)CCN(c2cnc(N)cn2)CCS1. The van der Waals surface area contributed by atoms with Gasteiger partial charge in [0.1, 0.15) is 11.6 Å². The second-order valence-corrected chi connectivity index (χ2v) is 6.45. The Labute approximate surface area is 101 Å². The predicted octanol–water partition coefficient (Wildman–Crippen LogP) is 1.78. The molecule has 2 rings (SSSR count). The van der Waals surface area contributed by atoms with E-state index in [1.165, 1.54) is 6.42 Å². The van der Waals surface area contributed by atoms with Gasteiger partial charge < -0.3 is 10.6 Å². The second-order valence-electron chi connectivity index (χ2n) is 4.64. The number of nitrogen functional groups attached to an aromatic ring is 1. The Morgan fingerprint density at radius 1 is 1.31 bits per heavy atom. The van der Waals surface area contributed by atoms with Crippen LogP contribution in [0.5, 0.6) is 0 Å². The lowest BCUT2D eigenvalue weighted by Crippen LogP contribution is -2.27. The van der Waals surface area contributed by atoms with Crippen LogP contribution in [-0.4, -0.2) is 33.6 Å². The molecule has 0 radical (unpaired) electrons. The summed E-state index contributed by atoms with van der Waals surface area (Å²) in [5.41, 5.74) is 5.53. The Hall–Kier alpha value is -0.970. The summed E-state index contributed by atoms with van der Waals surface area (Å²) in [6.45, 7) is 6.68. The molecule has 0 bridgehead atoms. The zero-order valence-electron chi connectivity index (χ0n) is 9.81. The summed E-state index contributed by atoms with van der Waals surface area (Å²) in [4.78, 5) is 10.7. The Kier molecular flexibility index (Phi) is 3.23. The summed E-state index contributed by atoms with van der Waals surface area (Å²) in [6, 6.07) is 0. The van der Waals surface area contributed by atoms with E-state index < -0.39 is 0 Å². The molecule has 2 N–H and O–H groups in total. The molecule has 0 atom stereocenters. The van der Waals surface area contributed by atoms with Gasteiger partial charge in [-0.25, -0.2) is 9.97 Å². The monoisotopic (exact) mass is 238 g/mol. The Bertz CT molecular complexity index is 350. The van der Waals surface area contributed by atoms with Crippen LogP contribution in [-0.2, 0) is 0 Å². The molecule has 16 heavy (non-hydrogen) atoms. The first-order valence-electron chi connectivity index (χ1n) is 5.53. The van der Waals surface area contributed by atoms with Crippen LogP contribution in [0.25, 0.3) is 0 Å². The smallest absolute Gasteiger partial charge is 0.147 e. The fourth-order valence-electron chi connectivity index (χ4n) is 1.74. The normalized spacial score (nSPS) is 20.5. The summed E-state index contributed by atoms with van der Waals surface area (Å²) in [6.07, 6.45) is 4.56. The van der Waals surface area contributed by atoms with Crippen LogP contribution in [0.3, 0.4) is 0 Å². The molecule has 0 amide bonds. The highest BCUT2D eigenvalue weighted by Crippen LogP contribution is 2.31. The molecule has 1 aromatic heterocycles. The minimum absolute atomic E-state index is 0.371. The molecule has 4 nitrogen and oxygen atoms in total. The van der Waals surface area contributed by atoms with E-state index >= 15 is 0 Å². The molecule has 1 saturated heterocycles. The van der Waals surface area contributed by atoms with E-state index in [0.717, 1.165) is 24.7 Å². The van der Waals surface area contributed by atoms with Crippen molar-refractivity contribution in [2.24, 2.45) is 0 Å². The van der Waals surface area contributed by atoms with Crippen molar-refractivity contribution in [3.8, 4) is 0 Å². The van der Waals surface area contributed by atoms with Gasteiger partial charge in [-0.3, -0.25) is 0 Å². The molecule has 0 saturated carbocycles. The van der Waals surface area contributed by atoms with Gasteiger partial charge in [0, 0.05) is 23.6 Å². The first-order chi connectivity index (χ1) is 7.57. The third-order valence-electron chi connectivity index (χ3n) is 2.82. The fourth-order valence-corrected chi connectivity index (χ4v) is 2.84. The lowest BCUT2D eigenvalue weighted by Gasteiger charge is -2.23. The maximum atomic E-state index is 5.53. The third kappa shape index (κ3) is 2.78. The average Bonchev–Trinajstić information content (AvgIpc) is 2.41. The first kappa shape index (κ1) is 11.5. The van der Waals surface area contributed by atoms with Gasteiger partial charge in [0.25, 0.3) is 0 Å². The second kappa shape index (κ2) is 4.49. The van der Waals surface area contributed by atoms with Gasteiger partial charge in [-0.15, -0.1) is 0 Å². The van der Waals surface area contributed by atoms with Crippen molar-refractivity contribution in [1.29, 1.82) is 0 Å². The zero-order valence-corrected chi connectivity index (χ0v) is 10.6. The molecule has 1 aliphatic heterocycles. The van der Waals surface area contributed by atoms with E-state index in [-0.39, 0.29) is 0 Å². The van der Waals surface area contributed by atoms with Gasteiger partial charge in [0.2, 0.25) is 0 Å². The van der Waals surface area contributed by atoms with Crippen molar-refractivity contribution in [2.75, 3.05) is 29.5 Å². The lowest BCUT2D eigenvalue weighted by molar-refractivity contribution is 0.634. The number of anilines is 2. The van der Waals surface area contributed by atoms with Gasteiger partial charge >= 0.3 is 0 Å². The average molecular weight is 238 g/mol.